The van der Waals surface area contributed by atoms with Gasteiger partial charge in [-0.2, -0.15) is 0 Å². The third kappa shape index (κ3) is 11.3. The predicted octanol–water partition coefficient (Wildman–Crippen LogP) is 16.9. The van der Waals surface area contributed by atoms with Crippen molar-refractivity contribution in [3.63, 3.8) is 0 Å². The Morgan fingerprint density at radius 2 is 0.630 bits per heavy atom. The van der Waals surface area contributed by atoms with Crippen molar-refractivity contribution in [2.24, 2.45) is 0 Å². The van der Waals surface area contributed by atoms with Gasteiger partial charge in [0, 0.05) is 0 Å². The van der Waals surface area contributed by atoms with Crippen LogP contribution in [0.15, 0.2) is 127 Å². The molecule has 73 heavy (non-hydrogen) atoms. The van der Waals surface area contributed by atoms with Gasteiger partial charge in [0.1, 0.15) is 0 Å². The van der Waals surface area contributed by atoms with E-state index in [2.05, 4.69) is 287 Å². The van der Waals surface area contributed by atoms with Crippen LogP contribution in [0.2, 0.25) is 0 Å². The van der Waals surface area contributed by atoms with Crippen LogP contribution in [-0.4, -0.2) is 9.79 Å². The van der Waals surface area contributed by atoms with E-state index in [0.29, 0.717) is 15.9 Å². The van der Waals surface area contributed by atoms with E-state index in [4.69, 9.17) is 4.31 Å². The van der Waals surface area contributed by atoms with Gasteiger partial charge in [0.25, 0.3) is 0 Å². The van der Waals surface area contributed by atoms with Crippen LogP contribution in [0.3, 0.4) is 0 Å². The molecule has 2 N–H and O–H groups in total. The summed E-state index contributed by atoms with van der Waals surface area (Å²) in [6.07, 6.45) is 0. The minimum atomic E-state index is -5.67. The van der Waals surface area contributed by atoms with Crippen LogP contribution in [0.25, 0.3) is 11.1 Å². The first kappa shape index (κ1) is 58.3. The molecule has 6 rings (SSSR count). The van der Waals surface area contributed by atoms with E-state index in [1.54, 1.807) is 0 Å². The number of rotatable bonds is 8. The molecule has 0 saturated carbocycles. The summed E-state index contributed by atoms with van der Waals surface area (Å²) in [6.45, 7) is 54.0. The van der Waals surface area contributed by atoms with Crippen LogP contribution in [0.5, 0.6) is 0 Å². The van der Waals surface area contributed by atoms with Crippen LogP contribution < -0.4 is 26.5 Å². The minimum absolute atomic E-state index is 0.182. The Labute approximate surface area is 445 Å². The fourth-order valence-corrected chi connectivity index (χ4v) is 20.4. The molecule has 3 nitrogen and oxygen atoms in total. The van der Waals surface area contributed by atoms with Crippen LogP contribution in [0.1, 0.15) is 211 Å². The van der Waals surface area contributed by atoms with Gasteiger partial charge in [0.05, 0.1) is 0 Å². The first-order valence-electron chi connectivity index (χ1n) is 26.8. The van der Waals surface area contributed by atoms with E-state index in [-0.39, 0.29) is 21.7 Å². The molecule has 0 radical (unpaired) electrons. The second-order valence-electron chi connectivity index (χ2n) is 29.5. The van der Waals surface area contributed by atoms with Gasteiger partial charge in [-0.3, -0.25) is 0 Å². The van der Waals surface area contributed by atoms with E-state index < -0.39 is 36.4 Å². The molecule has 0 aromatic heterocycles. The standard InChI is InChI=1S/C68H95O3P2/c1-61(2,3)47-34-38-56(52(42-47)65(13,14)15)72(69,57-39-35-48(62(4,5)6)43-53(57)66(16,17)18)71-73(70,58-33-29-28-32-51(58)46-30-26-25-27-31-46,59-40-36-49(63(7,8)9)44-54(59)67(19,20)21)60-41-37-50(64(10,11)12)45-55(60)68(22,23)24/h25-45,69-70H,1-24H3/q+1. The van der Waals surface area contributed by atoms with Gasteiger partial charge in [0.15, 0.2) is 0 Å². The summed E-state index contributed by atoms with van der Waals surface area (Å²) in [4.78, 5) is 32.3. The Hall–Kier alpha value is -3.94. The van der Waals surface area contributed by atoms with Gasteiger partial charge >= 0.3 is 448 Å². The molecular formula is C68H95O3P2+. The van der Waals surface area contributed by atoms with Crippen LogP contribution in [0, 0.1) is 0 Å². The van der Waals surface area contributed by atoms with Crippen LogP contribution in [0.4, 0.5) is 0 Å². The molecule has 394 valence electrons. The molecule has 6 aromatic carbocycles. The quantitative estimate of drug-likeness (QED) is 0.149. The van der Waals surface area contributed by atoms with Crippen molar-refractivity contribution in [1.82, 2.24) is 0 Å². The van der Waals surface area contributed by atoms with Crippen molar-refractivity contribution in [1.29, 1.82) is 0 Å². The Morgan fingerprint density at radius 1 is 0.329 bits per heavy atom. The molecule has 0 saturated heterocycles. The topological polar surface area (TPSA) is 49.7 Å². The summed E-state index contributed by atoms with van der Waals surface area (Å²) in [6, 6.07) is 45.6. The summed E-state index contributed by atoms with van der Waals surface area (Å²) in [5.41, 5.74) is 7.71. The third-order valence-corrected chi connectivity index (χ3v) is 23.1. The zero-order chi connectivity index (χ0) is 55.2. The van der Waals surface area contributed by atoms with E-state index in [0.717, 1.165) is 55.1 Å². The zero-order valence-electron chi connectivity index (χ0n) is 49.8. The van der Waals surface area contributed by atoms with Crippen molar-refractivity contribution in [3.05, 3.63) is 172 Å². The van der Waals surface area contributed by atoms with Crippen molar-refractivity contribution < 1.29 is 14.1 Å². The van der Waals surface area contributed by atoms with Gasteiger partial charge < -0.3 is 0 Å². The van der Waals surface area contributed by atoms with E-state index >= 15 is 9.79 Å². The molecule has 0 fully saturated rings. The molecule has 0 aliphatic carbocycles. The van der Waals surface area contributed by atoms with Crippen molar-refractivity contribution in [3.8, 4) is 11.1 Å². The average Bonchev–Trinajstić information content (AvgIpc) is 3.26. The molecule has 0 unspecified atom stereocenters. The SMILES string of the molecule is CC(C)(C)c1ccc([P+](O)(OP(O)(c2ccccc2-c2ccccc2)(c2ccc(C(C)(C)C)cc2C(C)(C)C)c2ccc(C(C)(C)C)cc2C(C)(C)C)c2ccc(C(C)(C)C)cc2C(C)(C)C)c(C(C)(C)C)c1. The number of hydrogen-bond donors (Lipinski definition) is 2. The molecule has 0 heterocycles. The van der Waals surface area contributed by atoms with E-state index in [1.165, 1.54) is 11.1 Å². The molecule has 0 spiro atoms. The average molecular weight is 1020 g/mol. The van der Waals surface area contributed by atoms with Crippen LogP contribution in [-0.2, 0) is 47.6 Å². The molecule has 0 aliphatic rings. The van der Waals surface area contributed by atoms with Gasteiger partial charge in [-0.25, -0.2) is 0 Å². The first-order valence-corrected chi connectivity index (χ1v) is 30.6. The molecule has 0 atom stereocenters. The monoisotopic (exact) mass is 1020 g/mol. The van der Waals surface area contributed by atoms with Gasteiger partial charge in [0.2, 0.25) is 0 Å². The third-order valence-electron chi connectivity index (χ3n) is 14.9. The predicted molar refractivity (Wildman–Crippen MR) is 325 cm³/mol. The Kier molecular flexibility index (Phi) is 15.1. The fraction of sp³-hybridized carbons (Fsp3) is 0.471. The Bertz CT molecular complexity index is 2820. The first-order chi connectivity index (χ1) is 32.9. The molecular weight excluding hydrogens is 927 g/mol. The fourth-order valence-electron chi connectivity index (χ4n) is 10.3. The molecule has 5 heteroatoms. The van der Waals surface area contributed by atoms with E-state index in [1.807, 2.05) is 6.07 Å². The second kappa shape index (κ2) is 19.0. The normalized spacial score (nSPS) is 14.5. The van der Waals surface area contributed by atoms with Crippen LogP contribution >= 0.6 is 14.8 Å². The van der Waals surface area contributed by atoms with E-state index in [9.17, 15) is 0 Å². The number of hydrogen-bond acceptors (Lipinski definition) is 3. The van der Waals surface area contributed by atoms with Crippen molar-refractivity contribution in [2.45, 2.75) is 209 Å². The van der Waals surface area contributed by atoms with Gasteiger partial charge in [-0.1, -0.05) is 0 Å². The maximum atomic E-state index is 16.7. The Morgan fingerprint density at radius 3 is 0.959 bits per heavy atom. The summed E-state index contributed by atoms with van der Waals surface area (Å²) in [7, 11) is -9.98. The summed E-state index contributed by atoms with van der Waals surface area (Å²) in [5, 5.41) is 3.50. The Balaban J connectivity index is 2.10. The summed E-state index contributed by atoms with van der Waals surface area (Å²) < 4.78 is 8.80. The van der Waals surface area contributed by atoms with Gasteiger partial charge in [-0.15, -0.1) is 0 Å². The van der Waals surface area contributed by atoms with Gasteiger partial charge in [-0.05, 0) is 0 Å². The second-order valence-corrected chi connectivity index (χ2v) is 35.7. The molecule has 0 bridgehead atoms. The molecule has 0 aliphatic heterocycles. The number of benzene rings is 6. The molecule has 6 aromatic rings. The molecule has 0 amide bonds. The zero-order valence-corrected chi connectivity index (χ0v) is 51.6. The van der Waals surface area contributed by atoms with Crippen molar-refractivity contribution in [2.75, 3.05) is 0 Å². The summed E-state index contributed by atoms with van der Waals surface area (Å²) in [5.74, 6) is 0. The van der Waals surface area contributed by atoms with Crippen molar-refractivity contribution >= 4 is 41.3 Å². The maximum absolute atomic E-state index is 16.7. The summed E-state index contributed by atoms with van der Waals surface area (Å²) >= 11 is 0.